The van der Waals surface area contributed by atoms with Crippen molar-refractivity contribution in [3.63, 3.8) is 0 Å². The van der Waals surface area contributed by atoms with Crippen molar-refractivity contribution in [3.05, 3.63) is 35.9 Å². The summed E-state index contributed by atoms with van der Waals surface area (Å²) < 4.78 is 31.5. The molecule has 21 heavy (non-hydrogen) atoms. The quantitative estimate of drug-likeness (QED) is 0.532. The van der Waals surface area contributed by atoms with Gasteiger partial charge >= 0.3 is 5.97 Å². The van der Waals surface area contributed by atoms with Crippen molar-refractivity contribution in [1.29, 1.82) is 0 Å². The monoisotopic (exact) mass is 313 g/mol. The fourth-order valence-electron chi connectivity index (χ4n) is 1.61. The Hall–Kier alpha value is -1.70. The van der Waals surface area contributed by atoms with Gasteiger partial charge in [0.25, 0.3) is 0 Å². The summed E-state index contributed by atoms with van der Waals surface area (Å²) in [6, 6.07) is 6.10. The van der Waals surface area contributed by atoms with Crippen LogP contribution in [0.15, 0.2) is 35.2 Å². The predicted octanol–water partition coefficient (Wildman–Crippen LogP) is 1.49. The van der Waals surface area contributed by atoms with E-state index in [1.165, 1.54) is 18.2 Å². The van der Waals surface area contributed by atoms with Crippen LogP contribution in [-0.2, 0) is 19.6 Å². The molecule has 0 aliphatic heterocycles. The first-order valence-electron chi connectivity index (χ1n) is 6.45. The zero-order valence-corrected chi connectivity index (χ0v) is 12.6. The van der Waals surface area contributed by atoms with Crippen LogP contribution >= 0.6 is 0 Å². The van der Waals surface area contributed by atoms with E-state index < -0.39 is 16.0 Å². The van der Waals surface area contributed by atoms with E-state index in [2.05, 4.69) is 4.72 Å². The Morgan fingerprint density at radius 1 is 1.38 bits per heavy atom. The third kappa shape index (κ3) is 6.52. The molecule has 0 saturated heterocycles. The van der Waals surface area contributed by atoms with Gasteiger partial charge in [-0.25, -0.2) is 17.9 Å². The van der Waals surface area contributed by atoms with E-state index in [-0.39, 0.29) is 4.90 Å². The molecule has 0 saturated carbocycles. The average molecular weight is 313 g/mol. The van der Waals surface area contributed by atoms with Crippen LogP contribution in [0.1, 0.15) is 18.4 Å². The van der Waals surface area contributed by atoms with Gasteiger partial charge in [-0.1, -0.05) is 12.1 Å². The number of carboxylic acids is 1. The van der Waals surface area contributed by atoms with Crippen LogP contribution in [0.25, 0.3) is 6.08 Å². The summed E-state index contributed by atoms with van der Waals surface area (Å²) in [7, 11) is -1.98. The molecule has 0 bridgehead atoms. The van der Waals surface area contributed by atoms with Crippen LogP contribution < -0.4 is 4.72 Å². The van der Waals surface area contributed by atoms with Crippen LogP contribution in [0.2, 0.25) is 0 Å². The number of hydrogen-bond acceptors (Lipinski definition) is 4. The number of methoxy groups -OCH3 is 1. The van der Waals surface area contributed by atoms with Gasteiger partial charge in [0.15, 0.2) is 0 Å². The zero-order valence-electron chi connectivity index (χ0n) is 11.8. The zero-order chi connectivity index (χ0) is 15.7. The highest BCUT2D eigenvalue weighted by molar-refractivity contribution is 7.89. The molecule has 0 aliphatic rings. The fourth-order valence-corrected chi connectivity index (χ4v) is 2.74. The van der Waals surface area contributed by atoms with E-state index in [4.69, 9.17) is 9.84 Å². The van der Waals surface area contributed by atoms with Crippen molar-refractivity contribution in [1.82, 2.24) is 4.72 Å². The number of carbonyl (C=O) groups is 1. The minimum Gasteiger partial charge on any atom is -0.478 e. The van der Waals surface area contributed by atoms with E-state index in [1.807, 2.05) is 0 Å². The summed E-state index contributed by atoms with van der Waals surface area (Å²) in [5, 5.41) is 8.56. The highest BCUT2D eigenvalue weighted by atomic mass is 32.2. The van der Waals surface area contributed by atoms with Gasteiger partial charge in [0.1, 0.15) is 0 Å². The Balaban J connectivity index is 2.70. The number of hydrogen-bond donors (Lipinski definition) is 2. The minimum atomic E-state index is -3.58. The lowest BCUT2D eigenvalue weighted by Gasteiger charge is -2.07. The summed E-state index contributed by atoms with van der Waals surface area (Å²) in [6.07, 6.45) is 3.77. The molecule has 0 unspecified atom stereocenters. The Bertz CT molecular complexity index is 595. The molecule has 0 atom stereocenters. The number of unbranched alkanes of at least 4 members (excludes halogenated alkanes) is 1. The first-order valence-corrected chi connectivity index (χ1v) is 7.94. The van der Waals surface area contributed by atoms with Crippen LogP contribution in [0.3, 0.4) is 0 Å². The molecule has 0 radical (unpaired) electrons. The summed E-state index contributed by atoms with van der Waals surface area (Å²) >= 11 is 0. The van der Waals surface area contributed by atoms with Gasteiger partial charge in [-0.2, -0.15) is 0 Å². The van der Waals surface area contributed by atoms with Gasteiger partial charge in [0.2, 0.25) is 10.0 Å². The van der Waals surface area contributed by atoms with Gasteiger partial charge in [-0.3, -0.25) is 0 Å². The van der Waals surface area contributed by atoms with Gasteiger partial charge in [-0.05, 0) is 36.6 Å². The largest absolute Gasteiger partial charge is 0.478 e. The summed E-state index contributed by atoms with van der Waals surface area (Å²) in [5.41, 5.74) is 0.514. The van der Waals surface area contributed by atoms with Crippen molar-refractivity contribution in [2.24, 2.45) is 0 Å². The van der Waals surface area contributed by atoms with E-state index in [9.17, 15) is 13.2 Å². The van der Waals surface area contributed by atoms with Crippen LogP contribution in [-0.4, -0.2) is 39.8 Å². The number of ether oxygens (including phenoxy) is 1. The molecule has 7 heteroatoms. The van der Waals surface area contributed by atoms with E-state index in [1.54, 1.807) is 19.2 Å². The Morgan fingerprint density at radius 2 is 2.14 bits per heavy atom. The molecule has 0 aromatic heterocycles. The van der Waals surface area contributed by atoms with E-state index in [0.29, 0.717) is 25.1 Å². The third-order valence-electron chi connectivity index (χ3n) is 2.65. The molecule has 0 spiro atoms. The summed E-state index contributed by atoms with van der Waals surface area (Å²) in [5.74, 6) is -1.08. The molecule has 1 aromatic rings. The van der Waals surface area contributed by atoms with Gasteiger partial charge in [-0.15, -0.1) is 0 Å². The molecular formula is C14H19NO5S. The number of rotatable bonds is 9. The number of sulfonamides is 1. The van der Waals surface area contributed by atoms with Crippen molar-refractivity contribution in [2.75, 3.05) is 20.3 Å². The van der Waals surface area contributed by atoms with Crippen molar-refractivity contribution >= 4 is 22.1 Å². The lowest BCUT2D eigenvalue weighted by atomic mass is 10.2. The standard InChI is InChI=1S/C14H19NO5S/c1-20-10-3-2-9-15-21(18,19)13-6-4-5-12(11-13)7-8-14(16)17/h4-8,11,15H,2-3,9-10H2,1H3,(H,16,17). The Labute approximate surface area is 124 Å². The highest BCUT2D eigenvalue weighted by Crippen LogP contribution is 2.12. The Kier molecular flexibility index (Phi) is 7.07. The Morgan fingerprint density at radius 3 is 2.81 bits per heavy atom. The lowest BCUT2D eigenvalue weighted by molar-refractivity contribution is -0.131. The second-order valence-electron chi connectivity index (χ2n) is 4.34. The van der Waals surface area contributed by atoms with Crippen molar-refractivity contribution in [2.45, 2.75) is 17.7 Å². The van der Waals surface area contributed by atoms with E-state index >= 15 is 0 Å². The van der Waals surface area contributed by atoms with Crippen LogP contribution in [0.4, 0.5) is 0 Å². The maximum Gasteiger partial charge on any atom is 0.328 e. The van der Waals surface area contributed by atoms with Gasteiger partial charge in [0.05, 0.1) is 4.90 Å². The summed E-state index contributed by atoms with van der Waals surface area (Å²) in [6.45, 7) is 0.929. The maximum absolute atomic E-state index is 12.1. The molecule has 0 amide bonds. The normalized spacial score (nSPS) is 11.9. The van der Waals surface area contributed by atoms with Crippen molar-refractivity contribution in [3.8, 4) is 0 Å². The molecule has 6 nitrogen and oxygen atoms in total. The number of carboxylic acid groups (broad SMARTS) is 1. The molecule has 116 valence electrons. The average Bonchev–Trinajstić information content (AvgIpc) is 2.45. The highest BCUT2D eigenvalue weighted by Gasteiger charge is 2.13. The third-order valence-corrected chi connectivity index (χ3v) is 4.11. The number of benzene rings is 1. The smallest absolute Gasteiger partial charge is 0.328 e. The molecule has 0 fully saturated rings. The minimum absolute atomic E-state index is 0.113. The fraction of sp³-hybridized carbons (Fsp3) is 0.357. The lowest BCUT2D eigenvalue weighted by Crippen LogP contribution is -2.25. The first kappa shape index (κ1) is 17.4. The molecule has 0 aliphatic carbocycles. The SMILES string of the molecule is COCCCCNS(=O)(=O)c1cccc(C=CC(=O)O)c1. The summed E-state index contributed by atoms with van der Waals surface area (Å²) in [4.78, 5) is 10.6. The molecule has 1 rings (SSSR count). The van der Waals surface area contributed by atoms with Gasteiger partial charge in [0, 0.05) is 26.3 Å². The molecule has 0 heterocycles. The number of nitrogens with one attached hydrogen (secondary N) is 1. The first-order chi connectivity index (χ1) is 9.95. The molecule has 2 N–H and O–H groups in total. The van der Waals surface area contributed by atoms with E-state index in [0.717, 1.165) is 12.5 Å². The van der Waals surface area contributed by atoms with Crippen LogP contribution in [0, 0.1) is 0 Å². The van der Waals surface area contributed by atoms with Gasteiger partial charge < -0.3 is 9.84 Å². The van der Waals surface area contributed by atoms with Crippen LogP contribution in [0.5, 0.6) is 0 Å². The second-order valence-corrected chi connectivity index (χ2v) is 6.11. The topological polar surface area (TPSA) is 92.7 Å². The second kappa shape index (κ2) is 8.56. The van der Waals surface area contributed by atoms with Crippen molar-refractivity contribution < 1.29 is 23.1 Å². The maximum atomic E-state index is 12.1. The predicted molar refractivity (Wildman–Crippen MR) is 79.4 cm³/mol. The number of aliphatic carboxylic acids is 1. The molecule has 1 aromatic carbocycles. The molecular weight excluding hydrogens is 294 g/mol.